The van der Waals surface area contributed by atoms with Gasteiger partial charge in [-0.25, -0.2) is 9.59 Å². The van der Waals surface area contributed by atoms with Gasteiger partial charge in [-0.15, -0.1) is 0 Å². The number of hydrogen-bond donors (Lipinski definition) is 1. The number of esters is 2. The summed E-state index contributed by atoms with van der Waals surface area (Å²) in [6.07, 6.45) is 0.717. The minimum atomic E-state index is -0.658. The van der Waals surface area contributed by atoms with Gasteiger partial charge in [0.25, 0.3) is 0 Å². The maximum atomic E-state index is 11.5. The summed E-state index contributed by atoms with van der Waals surface area (Å²) in [5.74, 6) is -1.31. The van der Waals surface area contributed by atoms with Crippen molar-refractivity contribution in [3.05, 3.63) is 11.6 Å². The number of ether oxygens (including phenoxy) is 3. The molecule has 6 heteroatoms. The second-order valence-corrected chi connectivity index (χ2v) is 3.99. The summed E-state index contributed by atoms with van der Waals surface area (Å²) in [5, 5.41) is 9.73. The van der Waals surface area contributed by atoms with Crippen molar-refractivity contribution in [2.75, 3.05) is 14.2 Å². The predicted octanol–water partition coefficient (Wildman–Crippen LogP) is 0.187. The van der Waals surface area contributed by atoms with Gasteiger partial charge in [0.15, 0.2) is 0 Å². The summed E-state index contributed by atoms with van der Waals surface area (Å²) < 4.78 is 14.3. The quantitative estimate of drug-likeness (QED) is 0.416. The average molecular weight is 258 g/mol. The van der Waals surface area contributed by atoms with Gasteiger partial charge in [-0.3, -0.25) is 0 Å². The number of carbonyl (C=O) groups excluding carboxylic acids is 2. The van der Waals surface area contributed by atoms with E-state index in [9.17, 15) is 14.7 Å². The Labute approximate surface area is 106 Å². The fraction of sp³-hybridized carbons (Fsp3) is 0.667. The van der Waals surface area contributed by atoms with Gasteiger partial charge < -0.3 is 19.3 Å². The highest BCUT2D eigenvalue weighted by Gasteiger charge is 2.49. The van der Waals surface area contributed by atoms with Gasteiger partial charge in [-0.2, -0.15) is 0 Å². The van der Waals surface area contributed by atoms with E-state index in [1.54, 1.807) is 0 Å². The molecule has 1 saturated heterocycles. The van der Waals surface area contributed by atoms with E-state index in [0.717, 1.165) is 12.5 Å². The summed E-state index contributed by atoms with van der Waals surface area (Å²) in [5.41, 5.74) is 0.0736. The summed E-state index contributed by atoms with van der Waals surface area (Å²) in [6.45, 7) is 1.94. The van der Waals surface area contributed by atoms with Gasteiger partial charge in [0.05, 0.1) is 25.9 Å². The molecule has 0 aromatic heterocycles. The number of epoxide rings is 1. The second-order valence-electron chi connectivity index (χ2n) is 3.99. The second kappa shape index (κ2) is 6.51. The van der Waals surface area contributed by atoms with Crippen molar-refractivity contribution >= 4 is 11.9 Å². The summed E-state index contributed by atoms with van der Waals surface area (Å²) >= 11 is 0. The van der Waals surface area contributed by atoms with Gasteiger partial charge in [0, 0.05) is 6.08 Å². The molecule has 0 saturated carbocycles. The standard InChI is InChI=1S/C12H18O6/c1-4-5-8(13)11-10(18-11)7(12(15)17-3)6-9(14)16-2/h6,8,10-11,13H,4-5H2,1-3H3/t8-,10-,11-/m0/s1. The molecule has 0 aliphatic carbocycles. The Kier molecular flexibility index (Phi) is 5.30. The van der Waals surface area contributed by atoms with Crippen molar-refractivity contribution in [3.63, 3.8) is 0 Å². The average Bonchev–Trinajstić information content (AvgIpc) is 3.15. The Morgan fingerprint density at radius 1 is 1.39 bits per heavy atom. The Bertz CT molecular complexity index is 348. The monoisotopic (exact) mass is 258 g/mol. The molecule has 1 rings (SSSR count). The summed E-state index contributed by atoms with van der Waals surface area (Å²) in [7, 11) is 2.43. The van der Waals surface area contributed by atoms with Crippen LogP contribution in [0.25, 0.3) is 0 Å². The van der Waals surface area contributed by atoms with E-state index in [2.05, 4.69) is 9.47 Å². The minimum absolute atomic E-state index is 0.0736. The van der Waals surface area contributed by atoms with E-state index in [-0.39, 0.29) is 5.57 Å². The number of hydrogen-bond acceptors (Lipinski definition) is 6. The summed E-state index contributed by atoms with van der Waals surface area (Å²) in [4.78, 5) is 22.7. The third-order valence-electron chi connectivity index (χ3n) is 2.69. The molecule has 1 aliphatic rings. The van der Waals surface area contributed by atoms with Crippen LogP contribution in [0.5, 0.6) is 0 Å². The van der Waals surface area contributed by atoms with Crippen molar-refractivity contribution in [3.8, 4) is 0 Å². The van der Waals surface area contributed by atoms with Crippen LogP contribution in [-0.4, -0.2) is 49.6 Å². The highest BCUT2D eigenvalue weighted by Crippen LogP contribution is 2.34. The maximum absolute atomic E-state index is 11.5. The lowest BCUT2D eigenvalue weighted by Crippen LogP contribution is -2.21. The molecular weight excluding hydrogens is 240 g/mol. The zero-order valence-electron chi connectivity index (χ0n) is 10.7. The number of rotatable bonds is 6. The van der Waals surface area contributed by atoms with Crippen LogP contribution in [0.3, 0.4) is 0 Å². The van der Waals surface area contributed by atoms with Crippen molar-refractivity contribution in [1.82, 2.24) is 0 Å². The van der Waals surface area contributed by atoms with E-state index >= 15 is 0 Å². The third-order valence-corrected chi connectivity index (χ3v) is 2.69. The third kappa shape index (κ3) is 3.54. The first-order valence-corrected chi connectivity index (χ1v) is 5.76. The first-order valence-electron chi connectivity index (χ1n) is 5.76. The van der Waals surface area contributed by atoms with E-state index in [1.165, 1.54) is 14.2 Å². The van der Waals surface area contributed by atoms with Crippen molar-refractivity contribution in [1.29, 1.82) is 0 Å². The normalized spacial score (nSPS) is 24.3. The molecule has 0 spiro atoms. The molecule has 3 atom stereocenters. The summed E-state index contributed by atoms with van der Waals surface area (Å²) in [6, 6.07) is 0. The molecule has 1 fully saturated rings. The Balaban J connectivity index is 2.73. The van der Waals surface area contributed by atoms with Gasteiger partial charge in [0.1, 0.15) is 12.2 Å². The highest BCUT2D eigenvalue weighted by atomic mass is 16.6. The molecule has 18 heavy (non-hydrogen) atoms. The molecule has 0 amide bonds. The Hall–Kier alpha value is -1.40. The molecule has 1 N–H and O–H groups in total. The number of aliphatic hydroxyl groups excluding tert-OH is 1. The van der Waals surface area contributed by atoms with E-state index in [1.807, 2.05) is 6.92 Å². The highest BCUT2D eigenvalue weighted by molar-refractivity contribution is 5.97. The molecule has 0 aromatic rings. The maximum Gasteiger partial charge on any atom is 0.336 e. The zero-order chi connectivity index (χ0) is 13.7. The molecule has 0 aromatic carbocycles. The van der Waals surface area contributed by atoms with Crippen LogP contribution in [-0.2, 0) is 23.8 Å². The van der Waals surface area contributed by atoms with Gasteiger partial charge in [-0.1, -0.05) is 13.3 Å². The Morgan fingerprint density at radius 2 is 2.06 bits per heavy atom. The van der Waals surface area contributed by atoms with Gasteiger partial charge in [-0.05, 0) is 6.42 Å². The smallest absolute Gasteiger partial charge is 0.336 e. The van der Waals surface area contributed by atoms with Crippen LogP contribution in [0, 0.1) is 0 Å². The van der Waals surface area contributed by atoms with Crippen LogP contribution < -0.4 is 0 Å². The lowest BCUT2D eigenvalue weighted by molar-refractivity contribution is -0.138. The van der Waals surface area contributed by atoms with Crippen LogP contribution in [0.1, 0.15) is 19.8 Å². The SMILES string of the molecule is CCC[C@H](O)[C@@H]1O[C@H]1C(=CC(=O)OC)C(=O)OC. The minimum Gasteiger partial charge on any atom is -0.466 e. The molecule has 102 valence electrons. The van der Waals surface area contributed by atoms with Gasteiger partial charge >= 0.3 is 11.9 Å². The molecular formula is C12H18O6. The molecule has 0 radical (unpaired) electrons. The van der Waals surface area contributed by atoms with Crippen LogP contribution in [0.4, 0.5) is 0 Å². The van der Waals surface area contributed by atoms with Crippen LogP contribution >= 0.6 is 0 Å². The first kappa shape index (κ1) is 14.7. The topological polar surface area (TPSA) is 85.4 Å². The van der Waals surface area contributed by atoms with E-state index < -0.39 is 30.3 Å². The van der Waals surface area contributed by atoms with Crippen molar-refractivity contribution < 1.29 is 28.9 Å². The van der Waals surface area contributed by atoms with E-state index in [0.29, 0.717) is 6.42 Å². The number of aliphatic hydroxyl groups is 1. The molecule has 6 nitrogen and oxygen atoms in total. The van der Waals surface area contributed by atoms with Gasteiger partial charge in [0.2, 0.25) is 0 Å². The first-order chi connectivity index (χ1) is 8.54. The van der Waals surface area contributed by atoms with Crippen LogP contribution in [0.2, 0.25) is 0 Å². The van der Waals surface area contributed by atoms with Crippen molar-refractivity contribution in [2.45, 2.75) is 38.1 Å². The number of carbonyl (C=O) groups is 2. The predicted molar refractivity (Wildman–Crippen MR) is 61.7 cm³/mol. The van der Waals surface area contributed by atoms with Crippen LogP contribution in [0.15, 0.2) is 11.6 Å². The molecule has 0 unspecified atom stereocenters. The van der Waals surface area contributed by atoms with Crippen molar-refractivity contribution in [2.24, 2.45) is 0 Å². The zero-order valence-corrected chi connectivity index (χ0v) is 10.7. The van der Waals surface area contributed by atoms with E-state index in [4.69, 9.17) is 4.74 Å². The Morgan fingerprint density at radius 3 is 2.56 bits per heavy atom. The molecule has 1 heterocycles. The lowest BCUT2D eigenvalue weighted by atomic mass is 10.0. The molecule has 0 bridgehead atoms. The fourth-order valence-electron chi connectivity index (χ4n) is 1.69. The molecule has 1 aliphatic heterocycles. The largest absolute Gasteiger partial charge is 0.466 e. The number of methoxy groups -OCH3 is 2. The lowest BCUT2D eigenvalue weighted by Gasteiger charge is -2.05. The fourth-order valence-corrected chi connectivity index (χ4v) is 1.69.